The lowest BCUT2D eigenvalue weighted by atomic mass is 10.3. The van der Waals surface area contributed by atoms with Gasteiger partial charge in [0.2, 0.25) is 0 Å². The van der Waals surface area contributed by atoms with Gasteiger partial charge in [-0.2, -0.15) is 18.3 Å². The van der Waals surface area contributed by atoms with E-state index in [1.54, 1.807) is 0 Å². The minimum absolute atomic E-state index is 0.372. The summed E-state index contributed by atoms with van der Waals surface area (Å²) in [5, 5.41) is 4.39. The van der Waals surface area contributed by atoms with Gasteiger partial charge in [0.25, 0.3) is 0 Å². The molecular weight excluding hydrogens is 337 g/mol. The highest BCUT2D eigenvalue weighted by molar-refractivity contribution is 9.09. The Hall–Kier alpha value is -1.31. The number of aromatic nitrogens is 3. The molecule has 0 aliphatic heterocycles. The second-order valence-corrected chi connectivity index (χ2v) is 5.02. The zero-order chi connectivity index (χ0) is 14.8. The molecule has 2 rings (SSSR count). The molecule has 2 aromatic rings. The van der Waals surface area contributed by atoms with E-state index in [9.17, 15) is 13.2 Å². The number of alkyl halides is 4. The van der Waals surface area contributed by atoms with Crippen LogP contribution in [0.5, 0.6) is 0 Å². The van der Waals surface area contributed by atoms with E-state index in [0.29, 0.717) is 17.9 Å². The maximum Gasteiger partial charge on any atom is 0.435 e. The molecule has 0 bridgehead atoms. The average Bonchev–Trinajstić information content (AvgIpc) is 2.84. The van der Waals surface area contributed by atoms with E-state index in [-0.39, 0.29) is 0 Å². The van der Waals surface area contributed by atoms with Crippen molar-refractivity contribution >= 4 is 27.3 Å². The first-order chi connectivity index (χ1) is 9.47. The van der Waals surface area contributed by atoms with Crippen LogP contribution in [0.15, 0.2) is 18.5 Å². The molecule has 0 fully saturated rings. The summed E-state index contributed by atoms with van der Waals surface area (Å²) in [6.07, 6.45) is -0.675. The first-order valence-electron chi connectivity index (χ1n) is 6.20. The summed E-state index contributed by atoms with van der Waals surface area (Å²) < 4.78 is 39.4. The Balaban J connectivity index is 2.45. The van der Waals surface area contributed by atoms with Gasteiger partial charge in [-0.25, -0.2) is 9.50 Å². The molecule has 0 unspecified atom stereocenters. The lowest BCUT2D eigenvalue weighted by Gasteiger charge is -2.21. The van der Waals surface area contributed by atoms with Crippen LogP contribution in [0.25, 0.3) is 5.52 Å². The maximum atomic E-state index is 12.7. The lowest BCUT2D eigenvalue weighted by molar-refractivity contribution is -0.141. The van der Waals surface area contributed by atoms with Crippen molar-refractivity contribution in [3.05, 3.63) is 24.2 Å². The molecule has 0 saturated heterocycles. The van der Waals surface area contributed by atoms with E-state index < -0.39 is 11.9 Å². The van der Waals surface area contributed by atoms with Crippen LogP contribution in [0, 0.1) is 0 Å². The predicted molar refractivity (Wildman–Crippen MR) is 74.3 cm³/mol. The third-order valence-corrected chi connectivity index (χ3v) is 3.46. The van der Waals surface area contributed by atoms with Gasteiger partial charge in [0.1, 0.15) is 5.52 Å². The topological polar surface area (TPSA) is 33.4 Å². The van der Waals surface area contributed by atoms with Gasteiger partial charge in [-0.1, -0.05) is 15.9 Å². The van der Waals surface area contributed by atoms with Crippen molar-refractivity contribution in [1.29, 1.82) is 0 Å². The smallest absolute Gasteiger partial charge is 0.355 e. The Labute approximate surface area is 122 Å². The zero-order valence-corrected chi connectivity index (χ0v) is 12.4. The van der Waals surface area contributed by atoms with Gasteiger partial charge in [-0.05, 0) is 13.3 Å². The molecule has 0 atom stereocenters. The van der Waals surface area contributed by atoms with E-state index in [0.717, 1.165) is 24.4 Å². The van der Waals surface area contributed by atoms with Crippen LogP contribution < -0.4 is 4.90 Å². The SMILES string of the molecule is CCN(CCCBr)c1nccn2nc(C(F)(F)F)cc12. The van der Waals surface area contributed by atoms with Gasteiger partial charge >= 0.3 is 6.18 Å². The van der Waals surface area contributed by atoms with Crippen LogP contribution in [0.4, 0.5) is 19.0 Å². The van der Waals surface area contributed by atoms with E-state index in [1.807, 2.05) is 11.8 Å². The Kier molecular flexibility index (Phi) is 4.52. The first kappa shape index (κ1) is 15.1. The first-order valence-corrected chi connectivity index (χ1v) is 7.32. The third-order valence-electron chi connectivity index (χ3n) is 2.90. The standard InChI is InChI=1S/C12H14BrF3N4/c1-2-19(6-3-4-13)11-9-8-10(12(14,15)16)18-20(9)7-5-17-11/h5,7-8H,2-4,6H2,1H3. The Bertz CT molecular complexity index is 582. The summed E-state index contributed by atoms with van der Waals surface area (Å²) in [7, 11) is 0. The van der Waals surface area contributed by atoms with Gasteiger partial charge in [0, 0.05) is 36.9 Å². The van der Waals surface area contributed by atoms with Crippen molar-refractivity contribution in [2.24, 2.45) is 0 Å². The number of fused-ring (bicyclic) bond motifs is 1. The lowest BCUT2D eigenvalue weighted by Crippen LogP contribution is -2.25. The van der Waals surface area contributed by atoms with Gasteiger partial charge in [0.05, 0.1) is 0 Å². The van der Waals surface area contributed by atoms with Crippen molar-refractivity contribution in [2.75, 3.05) is 23.3 Å². The largest absolute Gasteiger partial charge is 0.435 e. The molecule has 110 valence electrons. The summed E-state index contributed by atoms with van der Waals surface area (Å²) >= 11 is 3.35. The highest BCUT2D eigenvalue weighted by Crippen LogP contribution is 2.30. The highest BCUT2D eigenvalue weighted by atomic mass is 79.9. The minimum atomic E-state index is -4.45. The molecule has 0 saturated carbocycles. The molecule has 0 radical (unpaired) electrons. The second-order valence-electron chi connectivity index (χ2n) is 4.23. The van der Waals surface area contributed by atoms with Crippen molar-refractivity contribution in [1.82, 2.24) is 14.6 Å². The van der Waals surface area contributed by atoms with E-state index >= 15 is 0 Å². The number of rotatable bonds is 5. The molecule has 0 aromatic carbocycles. The highest BCUT2D eigenvalue weighted by Gasteiger charge is 2.34. The Morgan fingerprint density at radius 1 is 1.40 bits per heavy atom. The van der Waals surface area contributed by atoms with Crippen molar-refractivity contribution in [3.63, 3.8) is 0 Å². The molecule has 4 nitrogen and oxygen atoms in total. The summed E-state index contributed by atoms with van der Waals surface area (Å²) in [4.78, 5) is 6.15. The number of halogens is 4. The summed E-state index contributed by atoms with van der Waals surface area (Å²) in [5.41, 5.74) is -0.528. The van der Waals surface area contributed by atoms with E-state index in [1.165, 1.54) is 16.9 Å². The molecule has 2 aromatic heterocycles. The number of anilines is 1. The molecule has 0 amide bonds. The van der Waals surface area contributed by atoms with Crippen LogP contribution in [0.2, 0.25) is 0 Å². The van der Waals surface area contributed by atoms with Crippen molar-refractivity contribution < 1.29 is 13.2 Å². The quantitative estimate of drug-likeness (QED) is 0.775. The van der Waals surface area contributed by atoms with Crippen molar-refractivity contribution in [3.8, 4) is 0 Å². The van der Waals surface area contributed by atoms with Gasteiger partial charge in [0.15, 0.2) is 11.5 Å². The molecule has 20 heavy (non-hydrogen) atoms. The predicted octanol–water partition coefficient (Wildman–Crippen LogP) is 3.36. The van der Waals surface area contributed by atoms with Crippen LogP contribution in [0.1, 0.15) is 19.0 Å². The van der Waals surface area contributed by atoms with Gasteiger partial charge < -0.3 is 4.90 Å². The summed E-state index contributed by atoms with van der Waals surface area (Å²) in [5.74, 6) is 0.527. The number of hydrogen-bond acceptors (Lipinski definition) is 3. The zero-order valence-electron chi connectivity index (χ0n) is 10.9. The average molecular weight is 351 g/mol. The fraction of sp³-hybridized carbons (Fsp3) is 0.500. The number of nitrogens with zero attached hydrogens (tertiary/aromatic N) is 4. The fourth-order valence-corrected chi connectivity index (χ4v) is 2.21. The van der Waals surface area contributed by atoms with Crippen LogP contribution in [0.3, 0.4) is 0 Å². The molecule has 0 aliphatic carbocycles. The Morgan fingerprint density at radius 2 is 2.15 bits per heavy atom. The molecular formula is C12H14BrF3N4. The van der Waals surface area contributed by atoms with Crippen LogP contribution in [-0.2, 0) is 6.18 Å². The Morgan fingerprint density at radius 3 is 2.75 bits per heavy atom. The summed E-state index contributed by atoms with van der Waals surface area (Å²) in [6.45, 7) is 3.34. The van der Waals surface area contributed by atoms with E-state index in [2.05, 4.69) is 26.0 Å². The van der Waals surface area contributed by atoms with E-state index in [4.69, 9.17) is 0 Å². The molecule has 0 aliphatic rings. The number of hydrogen-bond donors (Lipinski definition) is 0. The normalized spacial score (nSPS) is 12.1. The molecule has 2 heterocycles. The summed E-state index contributed by atoms with van der Waals surface area (Å²) in [6, 6.07) is 1.04. The molecule has 8 heteroatoms. The maximum absolute atomic E-state index is 12.7. The second kappa shape index (κ2) is 5.99. The molecule has 0 N–H and O–H groups in total. The van der Waals surface area contributed by atoms with Crippen LogP contribution >= 0.6 is 15.9 Å². The van der Waals surface area contributed by atoms with Gasteiger partial charge in [-0.15, -0.1) is 0 Å². The third kappa shape index (κ3) is 3.05. The van der Waals surface area contributed by atoms with Crippen LogP contribution in [-0.4, -0.2) is 33.0 Å². The van der Waals surface area contributed by atoms with Crippen molar-refractivity contribution in [2.45, 2.75) is 19.5 Å². The monoisotopic (exact) mass is 350 g/mol. The molecule has 0 spiro atoms. The minimum Gasteiger partial charge on any atom is -0.355 e. The fourth-order valence-electron chi connectivity index (χ4n) is 1.95. The van der Waals surface area contributed by atoms with Gasteiger partial charge in [-0.3, -0.25) is 0 Å².